The van der Waals surface area contributed by atoms with Crippen molar-refractivity contribution in [2.75, 3.05) is 11.9 Å². The van der Waals surface area contributed by atoms with Crippen LogP contribution in [0.5, 0.6) is 0 Å². The van der Waals surface area contributed by atoms with Crippen molar-refractivity contribution >= 4 is 52.5 Å². The van der Waals surface area contributed by atoms with E-state index in [2.05, 4.69) is 5.32 Å². The Kier molecular flexibility index (Phi) is 6.53. The van der Waals surface area contributed by atoms with E-state index in [0.717, 1.165) is 11.1 Å². The number of likely N-dealkylation sites (N-methyl/N-ethyl adjacent to an activating group) is 1. The number of benzene rings is 2. The third-order valence-corrected chi connectivity index (χ3v) is 6.30. The molecule has 2 amide bonds. The summed E-state index contributed by atoms with van der Waals surface area (Å²) < 4.78 is 0. The van der Waals surface area contributed by atoms with Crippen LogP contribution in [0.25, 0.3) is 0 Å². The molecule has 1 fully saturated rings. The molecule has 0 radical (unpaired) electrons. The molecule has 2 aromatic rings. The van der Waals surface area contributed by atoms with E-state index < -0.39 is 11.2 Å². The van der Waals surface area contributed by atoms with Gasteiger partial charge in [0.1, 0.15) is 16.7 Å². The predicted molar refractivity (Wildman–Crippen MR) is 117 cm³/mol. The van der Waals surface area contributed by atoms with Gasteiger partial charge in [-0.2, -0.15) is 5.26 Å². The summed E-state index contributed by atoms with van der Waals surface area (Å²) in [5.41, 5.74) is 2.26. The summed E-state index contributed by atoms with van der Waals surface area (Å²) in [6, 6.07) is 14.4. The monoisotopic (exact) mass is 445 g/mol. The van der Waals surface area contributed by atoms with Crippen LogP contribution < -0.4 is 10.2 Å². The molecule has 5 nitrogen and oxygen atoms in total. The third-order valence-electron chi connectivity index (χ3n) is 4.44. The van der Waals surface area contributed by atoms with Crippen molar-refractivity contribution in [2.45, 2.75) is 18.6 Å². The second-order valence-electron chi connectivity index (χ2n) is 6.43. The Balaban J connectivity index is 2.06. The minimum atomic E-state index is -0.546. The van der Waals surface area contributed by atoms with Crippen molar-refractivity contribution in [1.82, 2.24) is 5.32 Å². The lowest BCUT2D eigenvalue weighted by Gasteiger charge is -2.18. The lowest BCUT2D eigenvalue weighted by Crippen LogP contribution is -2.31. The van der Waals surface area contributed by atoms with E-state index in [1.165, 1.54) is 23.7 Å². The molecule has 3 rings (SSSR count). The van der Waals surface area contributed by atoms with Crippen LogP contribution >= 0.6 is 35.0 Å². The number of hydrogen-bond acceptors (Lipinski definition) is 4. The van der Waals surface area contributed by atoms with Crippen LogP contribution in [-0.2, 0) is 16.0 Å². The number of nitriles is 1. The normalized spacial score (nSPS) is 17.8. The van der Waals surface area contributed by atoms with Gasteiger partial charge in [-0.1, -0.05) is 52.7 Å². The number of amides is 2. The first-order valence-electron chi connectivity index (χ1n) is 8.73. The summed E-state index contributed by atoms with van der Waals surface area (Å²) in [6.07, 6.45) is 0.321. The van der Waals surface area contributed by atoms with Gasteiger partial charge in [-0.05, 0) is 49.2 Å². The second-order valence-corrected chi connectivity index (χ2v) is 8.46. The van der Waals surface area contributed by atoms with Crippen molar-refractivity contribution in [3.8, 4) is 6.07 Å². The van der Waals surface area contributed by atoms with Crippen LogP contribution in [-0.4, -0.2) is 24.1 Å². The SMILES string of the molecule is CNC(=O)/C(C#N)=C1\S[C@@H](Cc2cc(Cl)ccc2Cl)C(=O)N1c1ccc(C)cc1. The van der Waals surface area contributed by atoms with Gasteiger partial charge in [-0.3, -0.25) is 14.5 Å². The molecule has 0 aliphatic carbocycles. The van der Waals surface area contributed by atoms with Gasteiger partial charge in [-0.25, -0.2) is 0 Å². The minimum absolute atomic E-state index is 0.105. The molecule has 1 saturated heterocycles. The van der Waals surface area contributed by atoms with Gasteiger partial charge in [0.25, 0.3) is 5.91 Å². The van der Waals surface area contributed by atoms with Crippen LogP contribution in [0.15, 0.2) is 53.1 Å². The Bertz CT molecular complexity index is 1040. The number of nitrogens with one attached hydrogen (secondary N) is 1. The number of carbonyl (C=O) groups is 2. The average Bonchev–Trinajstić information content (AvgIpc) is 3.01. The summed E-state index contributed by atoms with van der Waals surface area (Å²) in [4.78, 5) is 27.0. The minimum Gasteiger partial charge on any atom is -0.354 e. The molecule has 0 saturated carbocycles. The van der Waals surface area contributed by atoms with Gasteiger partial charge in [0.15, 0.2) is 0 Å². The molecular weight excluding hydrogens is 429 g/mol. The van der Waals surface area contributed by atoms with Crippen molar-refractivity contribution in [1.29, 1.82) is 5.26 Å². The molecule has 2 aromatic carbocycles. The molecule has 148 valence electrons. The molecule has 0 unspecified atom stereocenters. The molecule has 0 bridgehead atoms. The largest absolute Gasteiger partial charge is 0.354 e. The van der Waals surface area contributed by atoms with E-state index in [1.54, 1.807) is 30.3 Å². The van der Waals surface area contributed by atoms with Gasteiger partial charge >= 0.3 is 0 Å². The summed E-state index contributed by atoms with van der Waals surface area (Å²) in [5.74, 6) is -0.761. The zero-order valence-electron chi connectivity index (χ0n) is 15.7. The van der Waals surface area contributed by atoms with E-state index in [1.807, 2.05) is 25.1 Å². The van der Waals surface area contributed by atoms with Gasteiger partial charge in [-0.15, -0.1) is 0 Å². The first-order valence-corrected chi connectivity index (χ1v) is 10.4. The zero-order valence-corrected chi connectivity index (χ0v) is 18.0. The van der Waals surface area contributed by atoms with Gasteiger partial charge in [0, 0.05) is 22.8 Å². The first-order chi connectivity index (χ1) is 13.8. The summed E-state index contributed by atoms with van der Waals surface area (Å²) in [5, 5.41) is 12.8. The molecule has 0 aromatic heterocycles. The second kappa shape index (κ2) is 8.91. The van der Waals surface area contributed by atoms with Gasteiger partial charge in [0.05, 0.1) is 5.25 Å². The maximum absolute atomic E-state index is 13.3. The van der Waals surface area contributed by atoms with E-state index in [0.29, 0.717) is 27.2 Å². The van der Waals surface area contributed by atoms with Crippen LogP contribution in [0, 0.1) is 18.3 Å². The van der Waals surface area contributed by atoms with E-state index >= 15 is 0 Å². The Hall–Kier alpha value is -2.46. The molecule has 1 aliphatic rings. The standard InChI is InChI=1S/C21H17Cl2N3O2S/c1-12-3-6-15(7-4-12)26-20(28)18(10-13-9-14(22)5-8-17(13)23)29-21(26)16(11-24)19(27)25-2/h3-9,18H,10H2,1-2H3,(H,25,27)/b21-16-/t18-/m0/s1. The molecule has 1 heterocycles. The lowest BCUT2D eigenvalue weighted by atomic mass is 10.1. The highest BCUT2D eigenvalue weighted by Crippen LogP contribution is 2.42. The highest BCUT2D eigenvalue weighted by molar-refractivity contribution is 8.05. The van der Waals surface area contributed by atoms with Crippen molar-refractivity contribution in [3.63, 3.8) is 0 Å². The summed E-state index contributed by atoms with van der Waals surface area (Å²) >= 11 is 13.5. The van der Waals surface area contributed by atoms with Gasteiger partial charge in [0.2, 0.25) is 5.91 Å². The Morgan fingerprint density at radius 1 is 1.24 bits per heavy atom. The maximum atomic E-state index is 13.3. The molecule has 1 atom stereocenters. The van der Waals surface area contributed by atoms with E-state index in [-0.39, 0.29) is 11.5 Å². The third kappa shape index (κ3) is 4.43. The summed E-state index contributed by atoms with van der Waals surface area (Å²) in [6.45, 7) is 1.94. The van der Waals surface area contributed by atoms with Crippen LogP contribution in [0.2, 0.25) is 10.0 Å². The number of carbonyl (C=O) groups excluding carboxylic acids is 2. The number of hydrogen-bond donors (Lipinski definition) is 1. The first kappa shape index (κ1) is 21.3. The molecule has 1 N–H and O–H groups in total. The number of aryl methyl sites for hydroxylation is 1. The Morgan fingerprint density at radius 2 is 1.93 bits per heavy atom. The molecule has 8 heteroatoms. The molecular formula is C21H17Cl2N3O2S. The number of thioether (sulfide) groups is 1. The maximum Gasteiger partial charge on any atom is 0.264 e. The molecule has 0 spiro atoms. The van der Waals surface area contributed by atoms with Crippen molar-refractivity contribution in [2.24, 2.45) is 0 Å². The van der Waals surface area contributed by atoms with Crippen LogP contribution in [0.4, 0.5) is 5.69 Å². The Morgan fingerprint density at radius 3 is 2.55 bits per heavy atom. The lowest BCUT2D eigenvalue weighted by molar-refractivity contribution is -0.117. The fourth-order valence-electron chi connectivity index (χ4n) is 2.94. The van der Waals surface area contributed by atoms with Crippen molar-refractivity contribution in [3.05, 3.63) is 74.2 Å². The van der Waals surface area contributed by atoms with Crippen LogP contribution in [0.3, 0.4) is 0 Å². The number of rotatable bonds is 4. The van der Waals surface area contributed by atoms with E-state index in [4.69, 9.17) is 23.2 Å². The average molecular weight is 446 g/mol. The van der Waals surface area contributed by atoms with Crippen LogP contribution in [0.1, 0.15) is 11.1 Å². The topological polar surface area (TPSA) is 73.2 Å². The Labute approximate surface area is 183 Å². The number of halogens is 2. The van der Waals surface area contributed by atoms with Gasteiger partial charge < -0.3 is 5.32 Å². The molecule has 1 aliphatic heterocycles. The highest BCUT2D eigenvalue weighted by atomic mass is 35.5. The zero-order chi connectivity index (χ0) is 21.1. The van der Waals surface area contributed by atoms with Crippen molar-refractivity contribution < 1.29 is 9.59 Å². The number of nitrogens with zero attached hydrogens (tertiary/aromatic N) is 2. The quantitative estimate of drug-likeness (QED) is 0.556. The fraction of sp³-hybridized carbons (Fsp3) is 0.190. The predicted octanol–water partition coefficient (Wildman–Crippen LogP) is 4.47. The molecule has 29 heavy (non-hydrogen) atoms. The fourth-order valence-corrected chi connectivity index (χ4v) is 4.63. The summed E-state index contributed by atoms with van der Waals surface area (Å²) in [7, 11) is 1.45. The smallest absolute Gasteiger partial charge is 0.264 e. The van der Waals surface area contributed by atoms with E-state index in [9.17, 15) is 14.9 Å². The number of anilines is 1. The highest BCUT2D eigenvalue weighted by Gasteiger charge is 2.40.